The molecule has 110 valence electrons. The summed E-state index contributed by atoms with van der Waals surface area (Å²) >= 11 is 0. The molecule has 3 rings (SSSR count). The predicted molar refractivity (Wildman–Crippen MR) is 78.2 cm³/mol. The minimum atomic E-state index is -0.230. The molecule has 0 spiro atoms. The summed E-state index contributed by atoms with van der Waals surface area (Å²) in [5, 5.41) is 0. The molecule has 1 aliphatic heterocycles. The van der Waals surface area contributed by atoms with Gasteiger partial charge in [-0.1, -0.05) is 6.92 Å². The summed E-state index contributed by atoms with van der Waals surface area (Å²) in [5.41, 5.74) is 1.66. The first-order chi connectivity index (χ1) is 10.2. The van der Waals surface area contributed by atoms with Gasteiger partial charge < -0.3 is 9.30 Å². The maximum absolute atomic E-state index is 13.2. The Morgan fingerprint density at radius 1 is 1.43 bits per heavy atom. The number of nitrogens with zero attached hydrogens (tertiary/aromatic N) is 1. The molecule has 1 aliphatic rings. The molecule has 0 bridgehead atoms. The highest BCUT2D eigenvalue weighted by atomic mass is 19.1. The van der Waals surface area contributed by atoms with E-state index in [0.29, 0.717) is 19.4 Å². The summed E-state index contributed by atoms with van der Waals surface area (Å²) in [7, 11) is 0. The number of hydrogen-bond acceptors (Lipinski definition) is 2. The van der Waals surface area contributed by atoms with E-state index in [2.05, 4.69) is 0 Å². The number of Topliss-reactive ketones (excluding diaryl/α,β-unsaturated/α-hetero) is 1. The van der Waals surface area contributed by atoms with Crippen LogP contribution in [-0.2, 0) is 13.0 Å². The molecule has 4 heteroatoms. The van der Waals surface area contributed by atoms with Gasteiger partial charge in [0.15, 0.2) is 5.78 Å². The molecule has 2 heterocycles. The van der Waals surface area contributed by atoms with Crippen LogP contribution in [0.5, 0.6) is 5.75 Å². The van der Waals surface area contributed by atoms with Crippen molar-refractivity contribution in [1.82, 2.24) is 4.57 Å². The van der Waals surface area contributed by atoms with Crippen LogP contribution in [-0.4, -0.2) is 16.5 Å². The first kappa shape index (κ1) is 13.9. The number of hydrogen-bond donors (Lipinski definition) is 0. The van der Waals surface area contributed by atoms with Gasteiger partial charge in [-0.15, -0.1) is 0 Å². The van der Waals surface area contributed by atoms with Crippen molar-refractivity contribution in [2.75, 3.05) is 0 Å². The molecule has 1 aromatic heterocycles. The van der Waals surface area contributed by atoms with Gasteiger partial charge in [0.05, 0.1) is 6.54 Å². The molecule has 1 atom stereocenters. The number of aromatic nitrogens is 1. The topological polar surface area (TPSA) is 31.2 Å². The minimum Gasteiger partial charge on any atom is -0.488 e. The first-order valence-electron chi connectivity index (χ1n) is 7.29. The Morgan fingerprint density at radius 3 is 3.10 bits per heavy atom. The van der Waals surface area contributed by atoms with Gasteiger partial charge in [0.2, 0.25) is 0 Å². The van der Waals surface area contributed by atoms with Crippen molar-refractivity contribution in [3.05, 3.63) is 53.6 Å². The fourth-order valence-corrected chi connectivity index (χ4v) is 2.72. The number of carbonyl (C=O) groups excluding carboxylic acids is 1. The molecule has 1 aromatic carbocycles. The Kier molecular flexibility index (Phi) is 3.78. The van der Waals surface area contributed by atoms with E-state index >= 15 is 0 Å². The van der Waals surface area contributed by atoms with E-state index in [1.165, 1.54) is 12.1 Å². The highest BCUT2D eigenvalue weighted by molar-refractivity contribution is 5.95. The predicted octanol–water partition coefficient (Wildman–Crippen LogP) is 3.61. The van der Waals surface area contributed by atoms with Gasteiger partial charge in [-0.2, -0.15) is 0 Å². The summed E-state index contributed by atoms with van der Waals surface area (Å²) in [5.74, 6) is 0.705. The molecule has 1 unspecified atom stereocenters. The van der Waals surface area contributed by atoms with Gasteiger partial charge in [-0.3, -0.25) is 4.79 Å². The molecule has 0 saturated heterocycles. The second-order valence-electron chi connectivity index (χ2n) is 5.47. The smallest absolute Gasteiger partial charge is 0.164 e. The number of benzene rings is 1. The van der Waals surface area contributed by atoms with Gasteiger partial charge in [0.1, 0.15) is 17.7 Å². The zero-order chi connectivity index (χ0) is 14.8. The largest absolute Gasteiger partial charge is 0.488 e. The maximum Gasteiger partial charge on any atom is 0.164 e. The fourth-order valence-electron chi connectivity index (χ4n) is 2.72. The number of rotatable bonds is 5. The van der Waals surface area contributed by atoms with Gasteiger partial charge in [0, 0.05) is 36.4 Å². The lowest BCUT2D eigenvalue weighted by Gasteiger charge is -2.11. The molecule has 0 amide bonds. The van der Waals surface area contributed by atoms with Crippen LogP contribution in [0.1, 0.15) is 35.7 Å². The van der Waals surface area contributed by atoms with Crippen LogP contribution in [0.25, 0.3) is 0 Å². The van der Waals surface area contributed by atoms with Gasteiger partial charge in [-0.25, -0.2) is 4.39 Å². The van der Waals surface area contributed by atoms with Crippen molar-refractivity contribution in [3.63, 3.8) is 0 Å². The average Bonchev–Trinajstić information content (AvgIpc) is 3.05. The lowest BCUT2D eigenvalue weighted by molar-refractivity contribution is 0.0981. The molecule has 0 radical (unpaired) electrons. The number of fused-ring (bicyclic) bond motifs is 1. The Morgan fingerprint density at radius 2 is 2.29 bits per heavy atom. The van der Waals surface area contributed by atoms with Crippen molar-refractivity contribution in [2.45, 2.75) is 38.8 Å². The number of ether oxygens (including phenoxy) is 1. The minimum absolute atomic E-state index is 0.0108. The number of ketones is 1. The van der Waals surface area contributed by atoms with E-state index in [9.17, 15) is 9.18 Å². The summed E-state index contributed by atoms with van der Waals surface area (Å²) in [6.07, 6.45) is 5.89. The second-order valence-corrected chi connectivity index (χ2v) is 5.47. The highest BCUT2D eigenvalue weighted by Gasteiger charge is 2.23. The van der Waals surface area contributed by atoms with E-state index in [-0.39, 0.29) is 17.7 Å². The summed E-state index contributed by atoms with van der Waals surface area (Å²) in [4.78, 5) is 11.8. The first-order valence-corrected chi connectivity index (χ1v) is 7.29. The quantitative estimate of drug-likeness (QED) is 0.787. The summed E-state index contributed by atoms with van der Waals surface area (Å²) < 4.78 is 21.0. The molecular formula is C17H18FNO2. The van der Waals surface area contributed by atoms with E-state index in [4.69, 9.17) is 4.74 Å². The highest BCUT2D eigenvalue weighted by Crippen LogP contribution is 2.29. The van der Waals surface area contributed by atoms with Gasteiger partial charge >= 0.3 is 0 Å². The van der Waals surface area contributed by atoms with E-state index < -0.39 is 0 Å². The van der Waals surface area contributed by atoms with Crippen molar-refractivity contribution in [1.29, 1.82) is 0 Å². The van der Waals surface area contributed by atoms with Crippen molar-refractivity contribution in [2.24, 2.45) is 0 Å². The van der Waals surface area contributed by atoms with Crippen LogP contribution in [0.3, 0.4) is 0 Å². The van der Waals surface area contributed by atoms with Crippen molar-refractivity contribution in [3.8, 4) is 5.75 Å². The van der Waals surface area contributed by atoms with Crippen LogP contribution < -0.4 is 4.74 Å². The van der Waals surface area contributed by atoms with Gasteiger partial charge in [-0.05, 0) is 30.7 Å². The lowest BCUT2D eigenvalue weighted by Crippen LogP contribution is -2.19. The molecule has 21 heavy (non-hydrogen) atoms. The molecule has 0 N–H and O–H groups in total. The molecule has 0 saturated carbocycles. The van der Waals surface area contributed by atoms with Crippen LogP contribution in [0.2, 0.25) is 0 Å². The second kappa shape index (κ2) is 5.72. The zero-order valence-corrected chi connectivity index (χ0v) is 12.0. The standard InChI is InChI=1S/C17H18FNO2/c1-2-3-16(20)12-6-7-19(10-12)11-15-9-13-8-14(18)4-5-17(13)21-15/h4-8,10,15H,2-3,9,11H2,1H3. The van der Waals surface area contributed by atoms with Crippen LogP contribution in [0, 0.1) is 5.82 Å². The Balaban J connectivity index is 1.65. The van der Waals surface area contributed by atoms with E-state index in [1.54, 1.807) is 6.07 Å². The van der Waals surface area contributed by atoms with E-state index in [1.807, 2.05) is 30.0 Å². The SMILES string of the molecule is CCCC(=O)c1ccn(CC2Cc3cc(F)ccc3O2)c1. The monoisotopic (exact) mass is 287 g/mol. The molecule has 3 nitrogen and oxygen atoms in total. The lowest BCUT2D eigenvalue weighted by atomic mass is 10.1. The Hall–Kier alpha value is -2.10. The third-order valence-electron chi connectivity index (χ3n) is 3.73. The number of halogens is 1. The average molecular weight is 287 g/mol. The Labute approximate surface area is 123 Å². The van der Waals surface area contributed by atoms with Crippen molar-refractivity contribution >= 4 is 5.78 Å². The van der Waals surface area contributed by atoms with E-state index in [0.717, 1.165) is 23.3 Å². The fraction of sp³-hybridized carbons (Fsp3) is 0.353. The molecular weight excluding hydrogens is 269 g/mol. The summed E-state index contributed by atoms with van der Waals surface area (Å²) in [6, 6.07) is 6.47. The summed E-state index contributed by atoms with van der Waals surface area (Å²) in [6.45, 7) is 2.66. The number of carbonyl (C=O) groups is 1. The molecule has 0 aliphatic carbocycles. The van der Waals surface area contributed by atoms with Crippen LogP contribution in [0.15, 0.2) is 36.7 Å². The van der Waals surface area contributed by atoms with Crippen LogP contribution in [0.4, 0.5) is 4.39 Å². The normalized spacial score (nSPS) is 16.6. The molecule has 2 aromatic rings. The van der Waals surface area contributed by atoms with Crippen molar-refractivity contribution < 1.29 is 13.9 Å². The third-order valence-corrected chi connectivity index (χ3v) is 3.73. The Bertz CT molecular complexity index is 663. The van der Waals surface area contributed by atoms with Crippen LogP contribution >= 0.6 is 0 Å². The third kappa shape index (κ3) is 2.99. The zero-order valence-electron chi connectivity index (χ0n) is 12.0. The molecule has 0 fully saturated rings. The van der Waals surface area contributed by atoms with Gasteiger partial charge in [0.25, 0.3) is 0 Å². The maximum atomic E-state index is 13.2.